The summed E-state index contributed by atoms with van der Waals surface area (Å²) in [4.78, 5) is 12.1. The molecule has 0 bridgehead atoms. The van der Waals surface area contributed by atoms with Crippen molar-refractivity contribution in [3.8, 4) is 6.01 Å². The number of hydrogen-bond donors (Lipinski definition) is 2. The molecule has 0 unspecified atom stereocenters. The predicted molar refractivity (Wildman–Crippen MR) is 90.5 cm³/mol. The fourth-order valence-corrected chi connectivity index (χ4v) is 2.21. The van der Waals surface area contributed by atoms with Crippen LogP contribution in [0.2, 0.25) is 5.28 Å². The van der Waals surface area contributed by atoms with Crippen LogP contribution in [0, 0.1) is 0 Å². The largest absolute Gasteiger partial charge is 0.463 e. The molecule has 1 aromatic heterocycles. The summed E-state index contributed by atoms with van der Waals surface area (Å²) in [6, 6.07) is 0.266. The van der Waals surface area contributed by atoms with Crippen molar-refractivity contribution in [1.82, 2.24) is 15.0 Å². The molecule has 6 nitrogen and oxygen atoms in total. The molecule has 22 heavy (non-hydrogen) atoms. The molecule has 0 amide bonds. The summed E-state index contributed by atoms with van der Waals surface area (Å²) < 4.78 is 5.53. The van der Waals surface area contributed by atoms with E-state index in [-0.39, 0.29) is 11.3 Å². The van der Waals surface area contributed by atoms with Crippen LogP contribution >= 0.6 is 11.6 Å². The Labute approximate surface area is 138 Å². The first-order valence-corrected chi connectivity index (χ1v) is 8.62. The van der Waals surface area contributed by atoms with Gasteiger partial charge >= 0.3 is 6.01 Å². The van der Waals surface area contributed by atoms with Crippen LogP contribution < -0.4 is 15.8 Å². The first-order chi connectivity index (χ1) is 10.8. The van der Waals surface area contributed by atoms with Crippen LogP contribution in [-0.2, 0) is 0 Å². The second-order valence-corrected chi connectivity index (χ2v) is 5.59. The number of nitrogens with zero attached hydrogens (tertiary/aromatic N) is 3. The summed E-state index contributed by atoms with van der Waals surface area (Å²) in [7, 11) is 0. The van der Waals surface area contributed by atoms with Crippen molar-refractivity contribution in [3.63, 3.8) is 0 Å². The Morgan fingerprint density at radius 3 is 2.36 bits per heavy atom. The fourth-order valence-electron chi connectivity index (χ4n) is 2.06. The maximum absolute atomic E-state index is 5.84. The molecular weight excluding hydrogens is 302 g/mol. The Kier molecular flexibility index (Phi) is 10.7. The molecule has 0 aromatic carbocycles. The lowest BCUT2D eigenvalue weighted by Crippen LogP contribution is -2.15. The summed E-state index contributed by atoms with van der Waals surface area (Å²) in [5, 5.41) is 3.08. The van der Waals surface area contributed by atoms with Crippen molar-refractivity contribution < 1.29 is 4.74 Å². The van der Waals surface area contributed by atoms with Crippen LogP contribution in [-0.4, -0.2) is 34.6 Å². The molecule has 1 aromatic rings. The minimum atomic E-state index is 0.125. The van der Waals surface area contributed by atoms with Gasteiger partial charge in [0.25, 0.3) is 0 Å². The Morgan fingerprint density at radius 1 is 1.00 bits per heavy atom. The highest BCUT2D eigenvalue weighted by molar-refractivity contribution is 6.28. The van der Waals surface area contributed by atoms with Gasteiger partial charge in [-0.2, -0.15) is 15.0 Å². The zero-order valence-electron chi connectivity index (χ0n) is 13.5. The number of anilines is 1. The lowest BCUT2D eigenvalue weighted by molar-refractivity contribution is 0.280. The Morgan fingerprint density at radius 2 is 1.68 bits per heavy atom. The molecule has 0 aliphatic heterocycles. The van der Waals surface area contributed by atoms with Crippen molar-refractivity contribution >= 4 is 17.5 Å². The van der Waals surface area contributed by atoms with Crippen LogP contribution in [0.1, 0.15) is 58.3 Å². The number of ether oxygens (including phenoxy) is 1. The highest BCUT2D eigenvalue weighted by atomic mass is 35.5. The maximum atomic E-state index is 5.84. The van der Waals surface area contributed by atoms with Gasteiger partial charge in [-0.15, -0.1) is 0 Å². The summed E-state index contributed by atoms with van der Waals surface area (Å²) in [5.41, 5.74) is 5.42. The normalized spacial score (nSPS) is 10.7. The van der Waals surface area contributed by atoms with Gasteiger partial charge in [-0.1, -0.05) is 51.9 Å². The topological polar surface area (TPSA) is 86.0 Å². The molecule has 126 valence electrons. The number of nitrogens with one attached hydrogen (secondary N) is 1. The predicted octanol–water partition coefficient (Wildman–Crippen LogP) is 3.42. The number of halogens is 1. The summed E-state index contributed by atoms with van der Waals surface area (Å²) in [5.74, 6) is 0.399. The number of rotatable bonds is 13. The first-order valence-electron chi connectivity index (χ1n) is 8.24. The smallest absolute Gasteiger partial charge is 0.322 e. The lowest BCUT2D eigenvalue weighted by Gasteiger charge is -2.07. The van der Waals surface area contributed by atoms with Crippen molar-refractivity contribution in [2.75, 3.05) is 25.0 Å². The van der Waals surface area contributed by atoms with Crippen LogP contribution in [0.15, 0.2) is 0 Å². The van der Waals surface area contributed by atoms with E-state index in [1.165, 1.54) is 44.9 Å². The van der Waals surface area contributed by atoms with Crippen molar-refractivity contribution in [2.24, 2.45) is 5.73 Å². The van der Waals surface area contributed by atoms with E-state index in [4.69, 9.17) is 22.1 Å². The third-order valence-electron chi connectivity index (χ3n) is 3.24. The Bertz CT molecular complexity index is 406. The quantitative estimate of drug-likeness (QED) is 0.539. The first kappa shape index (κ1) is 18.9. The van der Waals surface area contributed by atoms with Crippen LogP contribution in [0.3, 0.4) is 0 Å². The van der Waals surface area contributed by atoms with E-state index in [0.717, 1.165) is 6.42 Å². The highest BCUT2D eigenvalue weighted by Gasteiger charge is 2.05. The standard InChI is InChI=1S/C15H28ClN5O/c1-2-3-4-5-6-7-8-9-12-22-15-20-13(16)19-14(21-15)18-11-10-17/h2-12,17H2,1H3,(H,18,19,20,21). The van der Waals surface area contributed by atoms with Gasteiger partial charge in [-0.3, -0.25) is 0 Å². The van der Waals surface area contributed by atoms with Crippen molar-refractivity contribution in [3.05, 3.63) is 5.28 Å². The molecule has 0 fully saturated rings. The molecule has 0 saturated carbocycles. The Hall–Kier alpha value is -1.14. The second kappa shape index (κ2) is 12.4. The van der Waals surface area contributed by atoms with E-state index < -0.39 is 0 Å². The average Bonchev–Trinajstić information content (AvgIpc) is 2.51. The van der Waals surface area contributed by atoms with Crippen LogP contribution in [0.4, 0.5) is 5.95 Å². The molecule has 0 radical (unpaired) electrons. The van der Waals surface area contributed by atoms with Gasteiger partial charge in [-0.25, -0.2) is 0 Å². The van der Waals surface area contributed by atoms with Crippen LogP contribution in [0.5, 0.6) is 6.01 Å². The van der Waals surface area contributed by atoms with E-state index in [0.29, 0.717) is 25.6 Å². The van der Waals surface area contributed by atoms with E-state index in [1.54, 1.807) is 0 Å². The molecule has 7 heteroatoms. The third-order valence-corrected chi connectivity index (χ3v) is 3.41. The summed E-state index contributed by atoms with van der Waals surface area (Å²) in [6.45, 7) is 3.92. The molecule has 0 atom stereocenters. The third kappa shape index (κ3) is 9.00. The Balaban J connectivity index is 2.15. The molecular formula is C15H28ClN5O. The van der Waals surface area contributed by atoms with Gasteiger partial charge in [0.2, 0.25) is 11.2 Å². The number of unbranched alkanes of at least 4 members (excludes halogenated alkanes) is 7. The monoisotopic (exact) mass is 329 g/mol. The summed E-state index contributed by atoms with van der Waals surface area (Å²) >= 11 is 5.84. The second-order valence-electron chi connectivity index (χ2n) is 5.25. The molecule has 0 saturated heterocycles. The lowest BCUT2D eigenvalue weighted by atomic mass is 10.1. The van der Waals surface area contributed by atoms with Gasteiger partial charge in [0, 0.05) is 13.1 Å². The molecule has 0 aliphatic rings. The van der Waals surface area contributed by atoms with Crippen molar-refractivity contribution in [1.29, 1.82) is 0 Å². The fraction of sp³-hybridized carbons (Fsp3) is 0.800. The van der Waals surface area contributed by atoms with Gasteiger partial charge in [-0.05, 0) is 18.0 Å². The minimum Gasteiger partial charge on any atom is -0.463 e. The van der Waals surface area contributed by atoms with E-state index in [9.17, 15) is 0 Å². The summed E-state index contributed by atoms with van der Waals surface area (Å²) in [6.07, 6.45) is 10.1. The SMILES string of the molecule is CCCCCCCCCCOc1nc(Cl)nc(NCCN)n1. The molecule has 0 spiro atoms. The number of aromatic nitrogens is 3. The average molecular weight is 330 g/mol. The van der Waals surface area contributed by atoms with Crippen LogP contribution in [0.25, 0.3) is 0 Å². The molecule has 1 rings (SSSR count). The number of nitrogens with two attached hydrogens (primary N) is 1. The van der Waals surface area contributed by atoms with Gasteiger partial charge in [0.1, 0.15) is 0 Å². The van der Waals surface area contributed by atoms with E-state index >= 15 is 0 Å². The van der Waals surface area contributed by atoms with Gasteiger partial charge in [0.05, 0.1) is 6.61 Å². The molecule has 3 N–H and O–H groups in total. The zero-order chi connectivity index (χ0) is 16.0. The molecule has 1 heterocycles. The van der Waals surface area contributed by atoms with Gasteiger partial charge < -0.3 is 15.8 Å². The number of hydrogen-bond acceptors (Lipinski definition) is 6. The molecule has 0 aliphatic carbocycles. The zero-order valence-corrected chi connectivity index (χ0v) is 14.2. The van der Waals surface area contributed by atoms with Gasteiger partial charge in [0.15, 0.2) is 0 Å². The van der Waals surface area contributed by atoms with Crippen molar-refractivity contribution in [2.45, 2.75) is 58.3 Å². The van der Waals surface area contributed by atoms with E-state index in [1.807, 2.05) is 0 Å². The minimum absolute atomic E-state index is 0.125. The highest BCUT2D eigenvalue weighted by Crippen LogP contribution is 2.12. The van der Waals surface area contributed by atoms with E-state index in [2.05, 4.69) is 27.2 Å². The maximum Gasteiger partial charge on any atom is 0.322 e.